The van der Waals surface area contributed by atoms with Crippen molar-refractivity contribution in [3.05, 3.63) is 35.9 Å². The van der Waals surface area contributed by atoms with Crippen LogP contribution in [0.4, 0.5) is 0 Å². The molecule has 0 bridgehead atoms. The van der Waals surface area contributed by atoms with Crippen LogP contribution in [0, 0.1) is 5.92 Å². The molecule has 1 aromatic rings. The maximum Gasteiger partial charge on any atom is 0.211 e. The number of nitrogens with zero attached hydrogens (tertiary/aromatic N) is 1. The number of rotatable bonds is 5. The van der Waals surface area contributed by atoms with Crippen molar-refractivity contribution in [2.75, 3.05) is 12.8 Å². The molecule has 0 N–H and O–H groups in total. The van der Waals surface area contributed by atoms with Gasteiger partial charge in [0.1, 0.15) is 0 Å². The van der Waals surface area contributed by atoms with Gasteiger partial charge in [0.25, 0.3) is 0 Å². The van der Waals surface area contributed by atoms with E-state index in [2.05, 4.69) is 0 Å². The maximum absolute atomic E-state index is 11.6. The molecule has 1 rings (SSSR count). The highest BCUT2D eigenvalue weighted by Gasteiger charge is 2.17. The summed E-state index contributed by atoms with van der Waals surface area (Å²) in [5.74, 6) is 0.332. The molecule has 0 aliphatic rings. The fourth-order valence-electron chi connectivity index (χ4n) is 1.51. The first-order chi connectivity index (χ1) is 7.39. The molecule has 0 saturated carbocycles. The molecule has 0 aromatic heterocycles. The SMILES string of the molecule is CC(C)CN(Cc1ccccc1)S(C)(=O)=O. The highest BCUT2D eigenvalue weighted by atomic mass is 32.2. The van der Waals surface area contributed by atoms with Gasteiger partial charge in [0.05, 0.1) is 6.26 Å². The van der Waals surface area contributed by atoms with Crippen LogP contribution in [0.5, 0.6) is 0 Å². The van der Waals surface area contributed by atoms with Crippen LogP contribution >= 0.6 is 0 Å². The smallest absolute Gasteiger partial charge is 0.211 e. The summed E-state index contributed by atoms with van der Waals surface area (Å²) in [6.07, 6.45) is 1.26. The minimum atomic E-state index is -3.12. The lowest BCUT2D eigenvalue weighted by Crippen LogP contribution is -2.32. The van der Waals surface area contributed by atoms with Crippen molar-refractivity contribution >= 4 is 10.0 Å². The van der Waals surface area contributed by atoms with Gasteiger partial charge < -0.3 is 0 Å². The lowest BCUT2D eigenvalue weighted by atomic mass is 10.2. The Hall–Kier alpha value is -0.870. The van der Waals surface area contributed by atoms with Crippen LogP contribution in [0.15, 0.2) is 30.3 Å². The molecule has 90 valence electrons. The molecule has 0 unspecified atom stereocenters. The zero-order valence-electron chi connectivity index (χ0n) is 10.1. The Bertz CT molecular complexity index is 412. The second-order valence-corrected chi connectivity index (χ2v) is 6.42. The van der Waals surface area contributed by atoms with E-state index in [4.69, 9.17) is 0 Å². The number of sulfonamides is 1. The molecule has 0 saturated heterocycles. The molecule has 4 heteroatoms. The van der Waals surface area contributed by atoms with Crippen LogP contribution in [0.25, 0.3) is 0 Å². The zero-order valence-corrected chi connectivity index (χ0v) is 10.9. The molecule has 0 heterocycles. The van der Waals surface area contributed by atoms with Crippen molar-refractivity contribution in [2.45, 2.75) is 20.4 Å². The Labute approximate surface area is 98.1 Å². The highest BCUT2D eigenvalue weighted by molar-refractivity contribution is 7.88. The first-order valence-corrected chi connectivity index (χ1v) is 7.23. The Morgan fingerprint density at radius 3 is 2.19 bits per heavy atom. The Balaban J connectivity index is 2.80. The molecule has 1 aromatic carbocycles. The molecular formula is C12H19NO2S. The van der Waals surface area contributed by atoms with Gasteiger partial charge in [-0.1, -0.05) is 44.2 Å². The van der Waals surface area contributed by atoms with Crippen molar-refractivity contribution in [3.8, 4) is 0 Å². The van der Waals surface area contributed by atoms with Crippen molar-refractivity contribution < 1.29 is 8.42 Å². The molecular weight excluding hydrogens is 222 g/mol. The summed E-state index contributed by atoms with van der Waals surface area (Å²) in [7, 11) is -3.12. The minimum Gasteiger partial charge on any atom is -0.212 e. The van der Waals surface area contributed by atoms with Crippen LogP contribution < -0.4 is 0 Å². The summed E-state index contributed by atoms with van der Waals surface area (Å²) >= 11 is 0. The van der Waals surface area contributed by atoms with E-state index in [1.807, 2.05) is 44.2 Å². The zero-order chi connectivity index (χ0) is 12.2. The highest BCUT2D eigenvalue weighted by Crippen LogP contribution is 2.10. The molecule has 3 nitrogen and oxygen atoms in total. The molecule has 0 aliphatic heterocycles. The first kappa shape index (κ1) is 13.2. The average molecular weight is 241 g/mol. The molecule has 0 spiro atoms. The van der Waals surface area contributed by atoms with E-state index in [0.717, 1.165) is 5.56 Å². The van der Waals surface area contributed by atoms with E-state index < -0.39 is 10.0 Å². The van der Waals surface area contributed by atoms with Crippen LogP contribution in [0.2, 0.25) is 0 Å². The normalized spacial score (nSPS) is 12.3. The average Bonchev–Trinajstić information content (AvgIpc) is 2.16. The van der Waals surface area contributed by atoms with E-state index in [1.54, 1.807) is 0 Å². The standard InChI is InChI=1S/C12H19NO2S/c1-11(2)9-13(16(3,14)15)10-12-7-5-4-6-8-12/h4-8,11H,9-10H2,1-3H3. The Morgan fingerprint density at radius 2 is 1.75 bits per heavy atom. The van der Waals surface area contributed by atoms with Gasteiger partial charge in [0, 0.05) is 13.1 Å². The summed E-state index contributed by atoms with van der Waals surface area (Å²) in [4.78, 5) is 0. The summed E-state index contributed by atoms with van der Waals surface area (Å²) in [6.45, 7) is 5.05. The monoisotopic (exact) mass is 241 g/mol. The van der Waals surface area contributed by atoms with Crippen molar-refractivity contribution in [3.63, 3.8) is 0 Å². The summed E-state index contributed by atoms with van der Waals surface area (Å²) < 4.78 is 24.7. The van der Waals surface area contributed by atoms with Crippen LogP contribution in [0.1, 0.15) is 19.4 Å². The van der Waals surface area contributed by atoms with Gasteiger partial charge in [-0.05, 0) is 11.5 Å². The van der Waals surface area contributed by atoms with Gasteiger partial charge in [-0.25, -0.2) is 8.42 Å². The molecule has 0 radical (unpaired) electrons. The Kier molecular flexibility index (Phi) is 4.50. The third kappa shape index (κ3) is 4.33. The lowest BCUT2D eigenvalue weighted by Gasteiger charge is -2.21. The van der Waals surface area contributed by atoms with Crippen molar-refractivity contribution in [1.82, 2.24) is 4.31 Å². The molecule has 0 amide bonds. The van der Waals surface area contributed by atoms with Crippen molar-refractivity contribution in [2.24, 2.45) is 5.92 Å². The van der Waals surface area contributed by atoms with E-state index in [-0.39, 0.29) is 0 Å². The van der Waals surface area contributed by atoms with E-state index in [1.165, 1.54) is 10.6 Å². The number of hydrogen-bond acceptors (Lipinski definition) is 2. The van der Waals surface area contributed by atoms with Crippen LogP contribution in [-0.4, -0.2) is 25.5 Å². The predicted molar refractivity (Wildman–Crippen MR) is 66.5 cm³/mol. The van der Waals surface area contributed by atoms with Gasteiger partial charge in [0.15, 0.2) is 0 Å². The van der Waals surface area contributed by atoms with Gasteiger partial charge in [-0.3, -0.25) is 0 Å². The molecule has 0 atom stereocenters. The molecule has 0 aliphatic carbocycles. The fraction of sp³-hybridized carbons (Fsp3) is 0.500. The third-order valence-corrected chi connectivity index (χ3v) is 3.46. The number of benzene rings is 1. The summed E-state index contributed by atoms with van der Waals surface area (Å²) in [5.41, 5.74) is 1.02. The van der Waals surface area contributed by atoms with Gasteiger partial charge >= 0.3 is 0 Å². The topological polar surface area (TPSA) is 37.4 Å². The van der Waals surface area contributed by atoms with Crippen LogP contribution in [-0.2, 0) is 16.6 Å². The van der Waals surface area contributed by atoms with Gasteiger partial charge in [-0.2, -0.15) is 4.31 Å². The second-order valence-electron chi connectivity index (χ2n) is 4.43. The van der Waals surface area contributed by atoms with Crippen molar-refractivity contribution in [1.29, 1.82) is 0 Å². The first-order valence-electron chi connectivity index (χ1n) is 5.38. The van der Waals surface area contributed by atoms with E-state index in [9.17, 15) is 8.42 Å². The number of hydrogen-bond donors (Lipinski definition) is 0. The molecule has 0 fully saturated rings. The molecule has 16 heavy (non-hydrogen) atoms. The maximum atomic E-state index is 11.6. The lowest BCUT2D eigenvalue weighted by molar-refractivity contribution is 0.365. The summed E-state index contributed by atoms with van der Waals surface area (Å²) in [6, 6.07) is 9.66. The summed E-state index contributed by atoms with van der Waals surface area (Å²) in [5, 5.41) is 0. The van der Waals surface area contributed by atoms with Crippen LogP contribution in [0.3, 0.4) is 0 Å². The quantitative estimate of drug-likeness (QED) is 0.791. The van der Waals surface area contributed by atoms with E-state index in [0.29, 0.717) is 19.0 Å². The van der Waals surface area contributed by atoms with Gasteiger partial charge in [0.2, 0.25) is 10.0 Å². The Morgan fingerprint density at radius 1 is 1.19 bits per heavy atom. The third-order valence-electron chi connectivity index (χ3n) is 2.24. The fourth-order valence-corrected chi connectivity index (χ4v) is 2.46. The predicted octanol–water partition coefficient (Wildman–Crippen LogP) is 2.10. The minimum absolute atomic E-state index is 0.332. The van der Waals surface area contributed by atoms with E-state index >= 15 is 0 Å². The second kappa shape index (κ2) is 5.46. The largest absolute Gasteiger partial charge is 0.212 e. The van der Waals surface area contributed by atoms with Gasteiger partial charge in [-0.15, -0.1) is 0 Å².